The predicted octanol–water partition coefficient (Wildman–Crippen LogP) is 3.53. The number of anilines is 2. The molecular weight excluding hydrogens is 347 g/mol. The van der Waals surface area contributed by atoms with Gasteiger partial charge in [-0.05, 0) is 31.9 Å². The molecule has 3 N–H and O–H groups in total. The summed E-state index contributed by atoms with van der Waals surface area (Å²) in [6.45, 7) is 3.36. The number of piperidine rings is 1. The molecule has 0 bridgehead atoms. The normalized spacial score (nSPS) is 15.8. The molecule has 6 nitrogen and oxygen atoms in total. The Morgan fingerprint density at radius 3 is 2.58 bits per heavy atom. The van der Waals surface area contributed by atoms with Crippen molar-refractivity contribution in [2.75, 3.05) is 23.3 Å². The topological polar surface area (TPSA) is 73.1 Å². The number of alkyl halides is 3. The summed E-state index contributed by atoms with van der Waals surface area (Å²) in [4.78, 5) is 14.2. The maximum atomic E-state index is 13.0. The van der Waals surface area contributed by atoms with Gasteiger partial charge in [-0.3, -0.25) is 5.10 Å². The maximum Gasteiger partial charge on any atom is 0.418 e. The fraction of sp³-hybridized carbons (Fsp3) is 0.412. The summed E-state index contributed by atoms with van der Waals surface area (Å²) in [5, 5.41) is 12.2. The summed E-state index contributed by atoms with van der Waals surface area (Å²) < 4.78 is 38.9. The first-order valence-electron chi connectivity index (χ1n) is 8.33. The minimum atomic E-state index is -4.52. The van der Waals surface area contributed by atoms with E-state index in [4.69, 9.17) is 0 Å². The van der Waals surface area contributed by atoms with Gasteiger partial charge in [-0.25, -0.2) is 4.79 Å². The summed E-state index contributed by atoms with van der Waals surface area (Å²) in [5.74, 6) is 0.865. The molecule has 1 aliphatic heterocycles. The van der Waals surface area contributed by atoms with Gasteiger partial charge in [-0.1, -0.05) is 12.1 Å². The smallest absolute Gasteiger partial charge is 0.355 e. The first-order valence-corrected chi connectivity index (χ1v) is 8.33. The number of hydrogen-bond donors (Lipinski definition) is 3. The molecule has 0 radical (unpaired) electrons. The first kappa shape index (κ1) is 18.1. The second-order valence-corrected chi connectivity index (χ2v) is 6.31. The molecule has 1 fully saturated rings. The number of hydrogen-bond acceptors (Lipinski definition) is 3. The van der Waals surface area contributed by atoms with E-state index in [2.05, 4.69) is 25.7 Å². The van der Waals surface area contributed by atoms with E-state index in [-0.39, 0.29) is 11.7 Å². The SMILES string of the molecule is Cc1cc(N2CCC(NC(=O)Nc3ccccc3C(F)(F)F)CC2)n[nH]1. The van der Waals surface area contributed by atoms with Gasteiger partial charge in [-0.15, -0.1) is 0 Å². The quantitative estimate of drug-likeness (QED) is 0.777. The monoisotopic (exact) mass is 367 g/mol. The lowest BCUT2D eigenvalue weighted by molar-refractivity contribution is -0.136. The van der Waals surface area contributed by atoms with E-state index in [1.807, 2.05) is 13.0 Å². The van der Waals surface area contributed by atoms with E-state index >= 15 is 0 Å². The molecule has 9 heteroatoms. The number of aryl methyl sites for hydroxylation is 1. The molecule has 2 amide bonds. The van der Waals surface area contributed by atoms with Gasteiger partial charge in [0.15, 0.2) is 5.82 Å². The number of H-pyrrole nitrogens is 1. The third-order valence-electron chi connectivity index (χ3n) is 4.33. The number of nitrogens with zero attached hydrogens (tertiary/aromatic N) is 2. The zero-order valence-corrected chi connectivity index (χ0v) is 14.2. The van der Waals surface area contributed by atoms with Crippen LogP contribution >= 0.6 is 0 Å². The summed E-state index contributed by atoms with van der Waals surface area (Å²) in [6, 6.07) is 6.16. The molecule has 3 rings (SSSR count). The van der Waals surface area contributed by atoms with Crippen LogP contribution in [-0.4, -0.2) is 35.4 Å². The number of nitrogens with one attached hydrogen (secondary N) is 3. The Labute approximate surface area is 148 Å². The van der Waals surface area contributed by atoms with Crippen LogP contribution in [0.1, 0.15) is 24.1 Å². The molecule has 2 heterocycles. The number of amides is 2. The van der Waals surface area contributed by atoms with Crippen LogP contribution in [0.15, 0.2) is 30.3 Å². The van der Waals surface area contributed by atoms with Crippen LogP contribution in [0.5, 0.6) is 0 Å². The molecule has 1 aromatic heterocycles. The molecule has 1 saturated heterocycles. The first-order chi connectivity index (χ1) is 12.3. The van der Waals surface area contributed by atoms with Crippen LogP contribution in [0.25, 0.3) is 0 Å². The van der Waals surface area contributed by atoms with Crippen molar-refractivity contribution in [1.82, 2.24) is 15.5 Å². The number of rotatable bonds is 3. The average molecular weight is 367 g/mol. The van der Waals surface area contributed by atoms with Gasteiger partial charge in [0.2, 0.25) is 0 Å². The minimum absolute atomic E-state index is 0.0932. The highest BCUT2D eigenvalue weighted by atomic mass is 19.4. The lowest BCUT2D eigenvalue weighted by atomic mass is 10.1. The van der Waals surface area contributed by atoms with E-state index in [9.17, 15) is 18.0 Å². The Bertz CT molecular complexity index is 766. The zero-order chi connectivity index (χ0) is 18.7. The summed E-state index contributed by atoms with van der Waals surface area (Å²) in [6.07, 6.45) is -3.13. The van der Waals surface area contributed by atoms with Crippen molar-refractivity contribution >= 4 is 17.5 Å². The number of urea groups is 1. The van der Waals surface area contributed by atoms with Gasteiger partial charge < -0.3 is 15.5 Å². The van der Waals surface area contributed by atoms with Crippen LogP contribution in [0.3, 0.4) is 0 Å². The maximum absolute atomic E-state index is 13.0. The van der Waals surface area contributed by atoms with E-state index < -0.39 is 17.8 Å². The molecule has 2 aromatic rings. The van der Waals surface area contributed by atoms with Crippen LogP contribution < -0.4 is 15.5 Å². The molecule has 0 spiro atoms. The van der Waals surface area contributed by atoms with Gasteiger partial charge in [0.05, 0.1) is 11.3 Å². The lowest BCUT2D eigenvalue weighted by Gasteiger charge is -2.32. The molecule has 1 aliphatic rings. The van der Waals surface area contributed by atoms with E-state index in [0.29, 0.717) is 25.9 Å². The molecule has 26 heavy (non-hydrogen) atoms. The van der Waals surface area contributed by atoms with Crippen molar-refractivity contribution in [2.45, 2.75) is 32.0 Å². The number of aromatic amines is 1. The van der Waals surface area contributed by atoms with Crippen molar-refractivity contribution in [3.63, 3.8) is 0 Å². The molecule has 0 unspecified atom stereocenters. The Hall–Kier alpha value is -2.71. The Balaban J connectivity index is 1.54. The van der Waals surface area contributed by atoms with Crippen LogP contribution in [0, 0.1) is 6.92 Å². The number of carbonyl (C=O) groups excluding carboxylic acids is 1. The van der Waals surface area contributed by atoms with Gasteiger partial charge in [0.25, 0.3) is 0 Å². The van der Waals surface area contributed by atoms with Gasteiger partial charge in [-0.2, -0.15) is 18.3 Å². The van der Waals surface area contributed by atoms with Gasteiger partial charge in [0.1, 0.15) is 0 Å². The van der Waals surface area contributed by atoms with Gasteiger partial charge in [0, 0.05) is 30.9 Å². The summed E-state index contributed by atoms with van der Waals surface area (Å²) >= 11 is 0. The number of carbonyl (C=O) groups is 1. The molecule has 1 aromatic carbocycles. The van der Waals surface area contributed by atoms with Gasteiger partial charge >= 0.3 is 12.2 Å². The fourth-order valence-corrected chi connectivity index (χ4v) is 3.00. The second-order valence-electron chi connectivity index (χ2n) is 6.31. The molecule has 0 saturated carbocycles. The Morgan fingerprint density at radius 1 is 1.27 bits per heavy atom. The van der Waals surface area contributed by atoms with E-state index in [1.54, 1.807) is 0 Å². The molecule has 0 aliphatic carbocycles. The van der Waals surface area contributed by atoms with Crippen molar-refractivity contribution in [1.29, 1.82) is 0 Å². The standard InChI is InChI=1S/C17H20F3N5O/c1-11-10-15(24-23-11)25-8-6-12(7-9-25)21-16(26)22-14-5-3-2-4-13(14)17(18,19)20/h2-5,10,12H,6-9H2,1H3,(H,23,24)(H2,21,22,26). The number of halogens is 3. The van der Waals surface area contributed by atoms with Crippen molar-refractivity contribution in [2.24, 2.45) is 0 Å². The van der Waals surface area contributed by atoms with Crippen molar-refractivity contribution in [3.05, 3.63) is 41.6 Å². The minimum Gasteiger partial charge on any atom is -0.355 e. The van der Waals surface area contributed by atoms with Crippen LogP contribution in [0.2, 0.25) is 0 Å². The highest BCUT2D eigenvalue weighted by molar-refractivity contribution is 5.90. The highest BCUT2D eigenvalue weighted by Gasteiger charge is 2.33. The van der Waals surface area contributed by atoms with E-state index in [1.165, 1.54) is 18.2 Å². The fourth-order valence-electron chi connectivity index (χ4n) is 3.00. The summed E-state index contributed by atoms with van der Waals surface area (Å²) in [7, 11) is 0. The van der Waals surface area contributed by atoms with Crippen molar-refractivity contribution < 1.29 is 18.0 Å². The van der Waals surface area contributed by atoms with Crippen molar-refractivity contribution in [3.8, 4) is 0 Å². The second kappa shape index (κ2) is 7.27. The molecule has 140 valence electrons. The largest absolute Gasteiger partial charge is 0.418 e. The van der Waals surface area contributed by atoms with E-state index in [0.717, 1.165) is 17.6 Å². The zero-order valence-electron chi connectivity index (χ0n) is 14.2. The van der Waals surface area contributed by atoms with Crippen LogP contribution in [-0.2, 0) is 6.18 Å². The lowest BCUT2D eigenvalue weighted by Crippen LogP contribution is -2.46. The Morgan fingerprint density at radius 2 is 1.96 bits per heavy atom. The molecular formula is C17H20F3N5O. The highest BCUT2D eigenvalue weighted by Crippen LogP contribution is 2.34. The Kier molecular flexibility index (Phi) is 5.06. The molecule has 0 atom stereocenters. The van der Waals surface area contributed by atoms with Crippen LogP contribution in [0.4, 0.5) is 29.5 Å². The number of aromatic nitrogens is 2. The number of benzene rings is 1. The third-order valence-corrected chi connectivity index (χ3v) is 4.33. The third kappa shape index (κ3) is 4.27. The summed E-state index contributed by atoms with van der Waals surface area (Å²) in [5.41, 5.74) is -0.135. The average Bonchev–Trinajstić information content (AvgIpc) is 3.01. The predicted molar refractivity (Wildman–Crippen MR) is 92.2 cm³/mol. The number of para-hydroxylation sites is 1.